The lowest BCUT2D eigenvalue weighted by Gasteiger charge is -2.07. The number of imidazole rings is 1. The molecule has 0 saturated carbocycles. The predicted octanol–water partition coefficient (Wildman–Crippen LogP) is 1.11. The van der Waals surface area contributed by atoms with Gasteiger partial charge in [0.25, 0.3) is 5.91 Å². The molecule has 2 heterocycles. The molecule has 2 rings (SSSR count). The zero-order chi connectivity index (χ0) is 12.1. The smallest absolute Gasteiger partial charge is 0.274 e. The van der Waals surface area contributed by atoms with E-state index in [1.54, 1.807) is 25.6 Å². The van der Waals surface area contributed by atoms with E-state index in [2.05, 4.69) is 15.3 Å². The molecule has 6 heteroatoms. The summed E-state index contributed by atoms with van der Waals surface area (Å²) in [4.78, 5) is 18.7. The minimum absolute atomic E-state index is 0.193. The second kappa shape index (κ2) is 5.31. The van der Waals surface area contributed by atoms with Crippen LogP contribution in [0.4, 0.5) is 5.95 Å². The summed E-state index contributed by atoms with van der Waals surface area (Å²) >= 11 is 0. The van der Waals surface area contributed by atoms with Gasteiger partial charge >= 0.3 is 0 Å². The maximum atomic E-state index is 11.9. The van der Waals surface area contributed by atoms with Crippen molar-refractivity contribution in [3.8, 4) is 0 Å². The van der Waals surface area contributed by atoms with Crippen molar-refractivity contribution in [1.82, 2.24) is 14.5 Å². The summed E-state index contributed by atoms with van der Waals surface area (Å²) in [5.74, 6) is 0.246. The molecule has 0 atom stereocenters. The van der Waals surface area contributed by atoms with E-state index in [-0.39, 0.29) is 5.91 Å². The van der Waals surface area contributed by atoms with Gasteiger partial charge in [-0.15, -0.1) is 0 Å². The van der Waals surface area contributed by atoms with Crippen LogP contribution in [-0.2, 0) is 11.3 Å². The third kappa shape index (κ3) is 2.73. The molecule has 0 saturated heterocycles. The molecule has 0 unspecified atom stereocenters. The number of hydrogen-bond acceptors (Lipinski definition) is 3. The Bertz CT molecular complexity index is 475. The van der Waals surface area contributed by atoms with Gasteiger partial charge in [0.05, 0.1) is 6.61 Å². The molecule has 1 amide bonds. The van der Waals surface area contributed by atoms with Crippen LogP contribution < -0.4 is 5.32 Å². The summed E-state index contributed by atoms with van der Waals surface area (Å²) in [7, 11) is 1.63. The SMILES string of the molecule is COCCn1cccc1C(=O)Nc1ncc[nH]1. The van der Waals surface area contributed by atoms with Gasteiger partial charge in [-0.2, -0.15) is 0 Å². The largest absolute Gasteiger partial charge is 0.383 e. The molecule has 6 nitrogen and oxygen atoms in total. The lowest BCUT2D eigenvalue weighted by atomic mass is 10.4. The molecular formula is C11H14N4O2. The topological polar surface area (TPSA) is 71.9 Å². The first-order valence-electron chi connectivity index (χ1n) is 5.26. The van der Waals surface area contributed by atoms with Crippen molar-refractivity contribution in [3.63, 3.8) is 0 Å². The average Bonchev–Trinajstić information content (AvgIpc) is 2.96. The number of methoxy groups -OCH3 is 1. The Morgan fingerprint density at radius 1 is 1.65 bits per heavy atom. The lowest BCUT2D eigenvalue weighted by molar-refractivity contribution is 0.101. The Morgan fingerprint density at radius 2 is 2.53 bits per heavy atom. The number of carbonyl (C=O) groups is 1. The van der Waals surface area contributed by atoms with Crippen molar-refractivity contribution >= 4 is 11.9 Å². The van der Waals surface area contributed by atoms with Gasteiger partial charge in [0.1, 0.15) is 5.69 Å². The van der Waals surface area contributed by atoms with E-state index in [1.165, 1.54) is 0 Å². The molecule has 0 radical (unpaired) electrons. The van der Waals surface area contributed by atoms with Crippen molar-refractivity contribution in [2.24, 2.45) is 0 Å². The Balaban J connectivity index is 2.06. The number of carbonyl (C=O) groups excluding carboxylic acids is 1. The number of ether oxygens (including phenoxy) is 1. The number of nitrogens with one attached hydrogen (secondary N) is 2. The van der Waals surface area contributed by atoms with Crippen LogP contribution in [0.3, 0.4) is 0 Å². The van der Waals surface area contributed by atoms with Crippen molar-refractivity contribution in [2.45, 2.75) is 6.54 Å². The maximum absolute atomic E-state index is 11.9. The van der Waals surface area contributed by atoms with Crippen LogP contribution >= 0.6 is 0 Å². The second-order valence-electron chi connectivity index (χ2n) is 3.47. The van der Waals surface area contributed by atoms with E-state index >= 15 is 0 Å². The Labute approximate surface area is 98.6 Å². The van der Waals surface area contributed by atoms with Gasteiger partial charge < -0.3 is 14.3 Å². The highest BCUT2D eigenvalue weighted by Crippen LogP contribution is 2.05. The summed E-state index contributed by atoms with van der Waals surface area (Å²) in [6, 6.07) is 3.58. The number of aromatic nitrogens is 3. The highest BCUT2D eigenvalue weighted by molar-refractivity contribution is 6.02. The lowest BCUT2D eigenvalue weighted by Crippen LogP contribution is -2.18. The minimum atomic E-state index is -0.193. The number of rotatable bonds is 5. The van der Waals surface area contributed by atoms with Crippen molar-refractivity contribution in [3.05, 3.63) is 36.4 Å². The highest BCUT2D eigenvalue weighted by atomic mass is 16.5. The zero-order valence-corrected chi connectivity index (χ0v) is 9.51. The van der Waals surface area contributed by atoms with Gasteiger partial charge in [-0.3, -0.25) is 10.1 Å². The van der Waals surface area contributed by atoms with Crippen LogP contribution in [0.15, 0.2) is 30.7 Å². The molecule has 2 aromatic heterocycles. The predicted molar refractivity (Wildman–Crippen MR) is 62.8 cm³/mol. The first kappa shape index (κ1) is 11.4. The number of anilines is 1. The van der Waals surface area contributed by atoms with E-state index in [9.17, 15) is 4.79 Å². The third-order valence-electron chi connectivity index (χ3n) is 2.33. The number of nitrogens with zero attached hydrogens (tertiary/aromatic N) is 2. The molecule has 0 aliphatic rings. The van der Waals surface area contributed by atoms with E-state index in [1.807, 2.05) is 16.8 Å². The molecule has 0 bridgehead atoms. The van der Waals surface area contributed by atoms with Crippen LogP contribution in [0.5, 0.6) is 0 Å². The fraction of sp³-hybridized carbons (Fsp3) is 0.273. The van der Waals surface area contributed by atoms with Gasteiger partial charge in [-0.1, -0.05) is 0 Å². The highest BCUT2D eigenvalue weighted by Gasteiger charge is 2.11. The van der Waals surface area contributed by atoms with Crippen molar-refractivity contribution in [2.75, 3.05) is 19.0 Å². The van der Waals surface area contributed by atoms with Gasteiger partial charge in [-0.25, -0.2) is 4.98 Å². The van der Waals surface area contributed by atoms with E-state index in [0.717, 1.165) is 0 Å². The summed E-state index contributed by atoms with van der Waals surface area (Å²) in [6.45, 7) is 1.21. The molecule has 0 aliphatic carbocycles. The molecular weight excluding hydrogens is 220 g/mol. The van der Waals surface area contributed by atoms with Crippen LogP contribution in [0.2, 0.25) is 0 Å². The van der Waals surface area contributed by atoms with Crippen LogP contribution in [0, 0.1) is 0 Å². The normalized spacial score (nSPS) is 10.4. The molecule has 0 fully saturated rings. The second-order valence-corrected chi connectivity index (χ2v) is 3.47. The van der Waals surface area contributed by atoms with Crippen LogP contribution in [0.1, 0.15) is 10.5 Å². The molecule has 2 N–H and O–H groups in total. The van der Waals surface area contributed by atoms with E-state index in [4.69, 9.17) is 4.74 Å². The Morgan fingerprint density at radius 3 is 3.24 bits per heavy atom. The summed E-state index contributed by atoms with van der Waals surface area (Å²) in [5.41, 5.74) is 0.582. The van der Waals surface area contributed by atoms with Gasteiger partial charge in [0, 0.05) is 32.2 Å². The monoisotopic (exact) mass is 234 g/mol. The van der Waals surface area contributed by atoms with E-state index < -0.39 is 0 Å². The number of amides is 1. The van der Waals surface area contributed by atoms with Crippen LogP contribution in [-0.4, -0.2) is 34.2 Å². The Kier molecular flexibility index (Phi) is 3.56. The van der Waals surface area contributed by atoms with Gasteiger partial charge in [0.15, 0.2) is 0 Å². The fourth-order valence-corrected chi connectivity index (χ4v) is 1.51. The van der Waals surface area contributed by atoms with Crippen molar-refractivity contribution in [1.29, 1.82) is 0 Å². The maximum Gasteiger partial charge on any atom is 0.274 e. The number of hydrogen-bond donors (Lipinski definition) is 2. The Hall–Kier alpha value is -2.08. The zero-order valence-electron chi connectivity index (χ0n) is 9.51. The molecule has 2 aromatic rings. The fourth-order valence-electron chi connectivity index (χ4n) is 1.51. The third-order valence-corrected chi connectivity index (χ3v) is 2.33. The average molecular weight is 234 g/mol. The first-order chi connectivity index (χ1) is 8.31. The van der Waals surface area contributed by atoms with E-state index in [0.29, 0.717) is 24.8 Å². The minimum Gasteiger partial charge on any atom is -0.383 e. The molecule has 17 heavy (non-hydrogen) atoms. The quantitative estimate of drug-likeness (QED) is 0.814. The van der Waals surface area contributed by atoms with Crippen LogP contribution in [0.25, 0.3) is 0 Å². The standard InChI is InChI=1S/C11H14N4O2/c1-17-8-7-15-6-2-3-9(15)10(16)14-11-12-4-5-13-11/h2-6H,7-8H2,1H3,(H2,12,13,14,16). The van der Waals surface area contributed by atoms with Gasteiger partial charge in [0.2, 0.25) is 5.95 Å². The first-order valence-corrected chi connectivity index (χ1v) is 5.26. The molecule has 0 aromatic carbocycles. The molecule has 0 spiro atoms. The summed E-state index contributed by atoms with van der Waals surface area (Å²) < 4.78 is 6.82. The number of aromatic amines is 1. The summed E-state index contributed by atoms with van der Waals surface area (Å²) in [5, 5.41) is 2.67. The summed E-state index contributed by atoms with van der Waals surface area (Å²) in [6.07, 6.45) is 5.08. The number of H-pyrrole nitrogens is 1. The molecule has 0 aliphatic heterocycles. The van der Waals surface area contributed by atoms with Crippen molar-refractivity contribution < 1.29 is 9.53 Å². The molecule has 90 valence electrons. The van der Waals surface area contributed by atoms with Gasteiger partial charge in [-0.05, 0) is 12.1 Å².